The number of carbonyl (C=O) groups is 1. The van der Waals surface area contributed by atoms with Crippen LogP contribution in [-0.2, 0) is 0 Å². The van der Waals surface area contributed by atoms with Crippen LogP contribution in [0.4, 0.5) is 0 Å². The quantitative estimate of drug-likeness (QED) is 0.323. The van der Waals surface area contributed by atoms with Gasteiger partial charge >= 0.3 is 0 Å². The number of rotatable bonds is 4. The van der Waals surface area contributed by atoms with E-state index in [1.54, 1.807) is 12.3 Å². The van der Waals surface area contributed by atoms with Gasteiger partial charge in [-0.05, 0) is 53.6 Å². The van der Waals surface area contributed by atoms with Crippen molar-refractivity contribution in [2.75, 3.05) is 0 Å². The number of fused-ring (bicyclic) bond motifs is 1. The minimum Gasteiger partial charge on any atom is -0.267 e. The van der Waals surface area contributed by atoms with Crippen molar-refractivity contribution in [2.45, 2.75) is 6.92 Å². The maximum atomic E-state index is 12.5. The van der Waals surface area contributed by atoms with Gasteiger partial charge in [0.05, 0.1) is 23.2 Å². The van der Waals surface area contributed by atoms with E-state index < -0.39 is 0 Å². The monoisotopic (exact) mass is 443 g/mol. The van der Waals surface area contributed by atoms with Crippen LogP contribution >= 0.6 is 15.9 Å². The molecular weight excluding hydrogens is 426 g/mol. The Balaban J connectivity index is 1.47. The number of hydrogen-bond acceptors (Lipinski definition) is 3. The van der Waals surface area contributed by atoms with E-state index in [2.05, 4.69) is 37.5 Å². The minimum atomic E-state index is -0.283. The summed E-state index contributed by atoms with van der Waals surface area (Å²) in [5.41, 5.74) is 6.49. The van der Waals surface area contributed by atoms with Crippen LogP contribution in [0.5, 0.6) is 0 Å². The number of amides is 1. The third-order valence-corrected chi connectivity index (χ3v) is 5.15. The molecule has 0 aliphatic heterocycles. The predicted molar refractivity (Wildman–Crippen MR) is 121 cm³/mol. The second-order valence-corrected chi connectivity index (χ2v) is 7.56. The largest absolute Gasteiger partial charge is 0.273 e. The van der Waals surface area contributed by atoms with Gasteiger partial charge in [-0.15, -0.1) is 0 Å². The van der Waals surface area contributed by atoms with Gasteiger partial charge in [-0.25, -0.2) is 5.43 Å². The van der Waals surface area contributed by atoms with Crippen molar-refractivity contribution < 1.29 is 4.79 Å². The van der Waals surface area contributed by atoms with E-state index in [0.717, 1.165) is 26.7 Å². The van der Waals surface area contributed by atoms with E-state index in [0.29, 0.717) is 11.3 Å². The topological polar surface area (TPSA) is 54.4 Å². The number of aromatic nitrogens is 1. The fourth-order valence-electron chi connectivity index (χ4n) is 3.10. The highest BCUT2D eigenvalue weighted by atomic mass is 79.9. The average molecular weight is 444 g/mol. The van der Waals surface area contributed by atoms with E-state index in [4.69, 9.17) is 0 Å². The molecule has 1 aromatic heterocycles. The summed E-state index contributed by atoms with van der Waals surface area (Å²) in [5.74, 6) is -0.283. The van der Waals surface area contributed by atoms with Gasteiger partial charge in [0.25, 0.3) is 5.91 Å². The number of aryl methyl sites for hydroxylation is 1. The first-order valence-electron chi connectivity index (χ1n) is 9.16. The van der Waals surface area contributed by atoms with Gasteiger partial charge in [0.1, 0.15) is 0 Å². The van der Waals surface area contributed by atoms with Crippen molar-refractivity contribution >= 4 is 38.8 Å². The molecule has 0 saturated heterocycles. The highest BCUT2D eigenvalue weighted by Crippen LogP contribution is 2.21. The molecule has 3 aromatic carbocycles. The first-order chi connectivity index (χ1) is 14.1. The van der Waals surface area contributed by atoms with Gasteiger partial charge in [0.15, 0.2) is 0 Å². The molecule has 0 aliphatic carbocycles. The average Bonchev–Trinajstić information content (AvgIpc) is 2.74. The van der Waals surface area contributed by atoms with Crippen LogP contribution in [0.25, 0.3) is 22.0 Å². The molecule has 4 aromatic rings. The van der Waals surface area contributed by atoms with Crippen LogP contribution in [-0.4, -0.2) is 17.1 Å². The first kappa shape index (κ1) is 19.0. The van der Waals surface area contributed by atoms with Crippen molar-refractivity contribution in [2.24, 2.45) is 5.10 Å². The molecule has 0 aliphatic rings. The SMILES string of the molecule is Cc1nc(-c2ccc(Br)cc2)ccc1C(=O)N/N=C/c1ccc2ccccc2c1. The van der Waals surface area contributed by atoms with Gasteiger partial charge in [-0.1, -0.05) is 64.5 Å². The highest BCUT2D eigenvalue weighted by molar-refractivity contribution is 9.10. The summed E-state index contributed by atoms with van der Waals surface area (Å²) in [6.45, 7) is 1.82. The smallest absolute Gasteiger partial charge is 0.267 e. The molecule has 0 spiro atoms. The van der Waals surface area contributed by atoms with Gasteiger partial charge in [-0.3, -0.25) is 9.78 Å². The van der Waals surface area contributed by atoms with Crippen molar-refractivity contribution in [3.63, 3.8) is 0 Å². The van der Waals surface area contributed by atoms with Crippen molar-refractivity contribution in [1.29, 1.82) is 0 Å². The lowest BCUT2D eigenvalue weighted by Gasteiger charge is -2.07. The maximum absolute atomic E-state index is 12.5. The minimum absolute atomic E-state index is 0.283. The van der Waals surface area contributed by atoms with E-state index in [9.17, 15) is 4.79 Å². The summed E-state index contributed by atoms with van der Waals surface area (Å²) in [5, 5.41) is 6.40. The standard InChI is InChI=1S/C24H18BrN3O/c1-16-22(12-13-23(27-16)19-8-10-21(25)11-9-19)24(29)28-26-15-17-6-7-18-4-2-3-5-20(18)14-17/h2-15H,1H3,(H,28,29)/b26-15+. The Kier molecular flexibility index (Phi) is 5.49. The molecule has 1 N–H and O–H groups in total. The molecule has 5 heteroatoms. The molecule has 4 rings (SSSR count). The number of nitrogens with zero attached hydrogens (tertiary/aromatic N) is 2. The van der Waals surface area contributed by atoms with Crippen molar-refractivity contribution in [1.82, 2.24) is 10.4 Å². The van der Waals surface area contributed by atoms with Crippen LogP contribution in [0.2, 0.25) is 0 Å². The lowest BCUT2D eigenvalue weighted by atomic mass is 10.1. The molecule has 0 unspecified atom stereocenters. The van der Waals surface area contributed by atoms with E-state index >= 15 is 0 Å². The Morgan fingerprint density at radius 1 is 0.966 bits per heavy atom. The first-order valence-corrected chi connectivity index (χ1v) is 9.95. The Morgan fingerprint density at radius 3 is 2.48 bits per heavy atom. The predicted octanol–water partition coefficient (Wildman–Crippen LogP) is 5.74. The number of nitrogens with one attached hydrogen (secondary N) is 1. The third-order valence-electron chi connectivity index (χ3n) is 4.62. The van der Waals surface area contributed by atoms with E-state index in [1.165, 1.54) is 5.39 Å². The summed E-state index contributed by atoms with van der Waals surface area (Å²) in [6, 6.07) is 25.7. The second kappa shape index (κ2) is 8.37. The molecule has 1 amide bonds. The van der Waals surface area contributed by atoms with Crippen LogP contribution in [0.15, 0.2) is 88.4 Å². The molecule has 0 saturated carbocycles. The lowest BCUT2D eigenvalue weighted by molar-refractivity contribution is 0.0954. The maximum Gasteiger partial charge on any atom is 0.273 e. The zero-order chi connectivity index (χ0) is 20.2. The molecule has 0 radical (unpaired) electrons. The molecule has 0 atom stereocenters. The number of halogens is 1. The van der Waals surface area contributed by atoms with Gasteiger partial charge in [-0.2, -0.15) is 5.10 Å². The van der Waals surface area contributed by atoms with E-state index in [-0.39, 0.29) is 5.91 Å². The number of benzene rings is 3. The normalized spacial score (nSPS) is 11.1. The number of carbonyl (C=O) groups excluding carboxylic acids is 1. The van der Waals surface area contributed by atoms with Crippen LogP contribution in [0.1, 0.15) is 21.6 Å². The van der Waals surface area contributed by atoms with Gasteiger partial charge < -0.3 is 0 Å². The number of pyridine rings is 1. The molecule has 1 heterocycles. The number of hydrazone groups is 1. The van der Waals surface area contributed by atoms with Crippen LogP contribution < -0.4 is 5.43 Å². The molecule has 0 fully saturated rings. The summed E-state index contributed by atoms with van der Waals surface area (Å²) in [6.07, 6.45) is 1.64. The van der Waals surface area contributed by atoms with Gasteiger partial charge in [0, 0.05) is 10.0 Å². The summed E-state index contributed by atoms with van der Waals surface area (Å²) < 4.78 is 1.01. The molecular formula is C24H18BrN3O. The third kappa shape index (κ3) is 4.41. The Hall–Kier alpha value is -3.31. The highest BCUT2D eigenvalue weighted by Gasteiger charge is 2.11. The molecule has 142 valence electrons. The zero-order valence-electron chi connectivity index (χ0n) is 15.8. The van der Waals surface area contributed by atoms with E-state index in [1.807, 2.05) is 73.7 Å². The summed E-state index contributed by atoms with van der Waals surface area (Å²) in [4.78, 5) is 17.1. The van der Waals surface area contributed by atoms with Crippen molar-refractivity contribution in [3.05, 3.63) is 100 Å². The summed E-state index contributed by atoms with van der Waals surface area (Å²) in [7, 11) is 0. The number of hydrogen-bond donors (Lipinski definition) is 1. The van der Waals surface area contributed by atoms with Crippen LogP contribution in [0, 0.1) is 6.92 Å². The van der Waals surface area contributed by atoms with Crippen LogP contribution in [0.3, 0.4) is 0 Å². The Bertz CT molecular complexity index is 1220. The summed E-state index contributed by atoms with van der Waals surface area (Å²) >= 11 is 3.43. The molecule has 29 heavy (non-hydrogen) atoms. The fourth-order valence-corrected chi connectivity index (χ4v) is 3.36. The zero-order valence-corrected chi connectivity index (χ0v) is 17.3. The lowest BCUT2D eigenvalue weighted by Crippen LogP contribution is -2.19. The molecule has 4 nitrogen and oxygen atoms in total. The Labute approximate surface area is 177 Å². The molecule has 0 bridgehead atoms. The fraction of sp³-hybridized carbons (Fsp3) is 0.0417. The van der Waals surface area contributed by atoms with Gasteiger partial charge in [0.2, 0.25) is 0 Å². The second-order valence-electron chi connectivity index (χ2n) is 6.64. The van der Waals surface area contributed by atoms with Crippen molar-refractivity contribution in [3.8, 4) is 11.3 Å². The Morgan fingerprint density at radius 2 is 1.72 bits per heavy atom.